The lowest BCUT2D eigenvalue weighted by Gasteiger charge is -2.15. The van der Waals surface area contributed by atoms with Gasteiger partial charge in [0.1, 0.15) is 4.70 Å². The molecule has 5 nitrogen and oxygen atoms in total. The van der Waals surface area contributed by atoms with Crippen molar-refractivity contribution in [1.82, 2.24) is 19.2 Å². The highest BCUT2D eigenvalue weighted by molar-refractivity contribution is 7.98. The van der Waals surface area contributed by atoms with Gasteiger partial charge in [-0.1, -0.05) is 78.8 Å². The highest BCUT2D eigenvalue weighted by atomic mass is 35.5. The van der Waals surface area contributed by atoms with E-state index in [1.54, 1.807) is 16.3 Å². The van der Waals surface area contributed by atoms with Crippen LogP contribution in [0.4, 0.5) is 0 Å². The maximum Gasteiger partial charge on any atom is 0.272 e. The van der Waals surface area contributed by atoms with Gasteiger partial charge >= 0.3 is 0 Å². The molecule has 2 aromatic carbocycles. The number of halogens is 1. The molecule has 0 amide bonds. The molecule has 0 aliphatic heterocycles. The Labute approximate surface area is 192 Å². The molecule has 0 saturated heterocycles. The molecule has 0 radical (unpaired) electrons. The topological polar surface area (TPSA) is 52.2 Å². The summed E-state index contributed by atoms with van der Waals surface area (Å²) >= 11 is 9.34. The standard InChI is InChI=1S/C23H19ClN4OS2/c1-15(16-7-3-2-4-8-16)13-27-21(29)20-19(11-12-30-20)28-22(27)25-26-23(28)31-14-17-9-5-6-10-18(17)24/h2-12,15H,13-14H2,1H3/t15-/m1/s1. The maximum atomic E-state index is 13.3. The molecule has 31 heavy (non-hydrogen) atoms. The molecule has 0 aliphatic rings. The van der Waals surface area contributed by atoms with Gasteiger partial charge in [0.05, 0.1) is 5.52 Å². The molecule has 0 N–H and O–H groups in total. The van der Waals surface area contributed by atoms with E-state index in [1.165, 1.54) is 16.9 Å². The zero-order valence-corrected chi connectivity index (χ0v) is 19.1. The molecule has 0 bridgehead atoms. The largest absolute Gasteiger partial charge is 0.275 e. The first-order valence-electron chi connectivity index (χ1n) is 9.90. The van der Waals surface area contributed by atoms with Gasteiger partial charge in [0.25, 0.3) is 5.56 Å². The fourth-order valence-corrected chi connectivity index (χ4v) is 5.73. The van der Waals surface area contributed by atoms with Crippen LogP contribution in [0.3, 0.4) is 0 Å². The monoisotopic (exact) mass is 466 g/mol. The Kier molecular flexibility index (Phi) is 5.56. The van der Waals surface area contributed by atoms with Crippen LogP contribution in [0, 0.1) is 0 Å². The van der Waals surface area contributed by atoms with Gasteiger partial charge in [-0.15, -0.1) is 21.5 Å². The average molecular weight is 467 g/mol. The fraction of sp³-hybridized carbons (Fsp3) is 0.174. The molecule has 156 valence electrons. The first-order chi connectivity index (χ1) is 15.1. The number of thiophene rings is 1. The van der Waals surface area contributed by atoms with Crippen molar-refractivity contribution in [2.45, 2.75) is 30.3 Å². The van der Waals surface area contributed by atoms with E-state index >= 15 is 0 Å². The molecule has 0 saturated carbocycles. The Hall–Kier alpha value is -2.61. The summed E-state index contributed by atoms with van der Waals surface area (Å²) in [7, 11) is 0. The molecule has 8 heteroatoms. The Morgan fingerprint density at radius 1 is 1.06 bits per heavy atom. The van der Waals surface area contributed by atoms with E-state index in [0.29, 0.717) is 22.8 Å². The van der Waals surface area contributed by atoms with Gasteiger partial charge in [0.15, 0.2) is 5.16 Å². The Morgan fingerprint density at radius 2 is 1.84 bits per heavy atom. The minimum Gasteiger partial charge on any atom is -0.275 e. The van der Waals surface area contributed by atoms with Gasteiger partial charge in [0.2, 0.25) is 5.78 Å². The van der Waals surface area contributed by atoms with Gasteiger partial charge in [-0.3, -0.25) is 13.8 Å². The van der Waals surface area contributed by atoms with E-state index < -0.39 is 0 Å². The van der Waals surface area contributed by atoms with Gasteiger partial charge < -0.3 is 0 Å². The summed E-state index contributed by atoms with van der Waals surface area (Å²) in [4.78, 5) is 13.3. The van der Waals surface area contributed by atoms with E-state index in [-0.39, 0.29) is 11.5 Å². The molecule has 5 rings (SSSR count). The molecule has 0 fully saturated rings. The van der Waals surface area contributed by atoms with Crippen LogP contribution < -0.4 is 5.56 Å². The van der Waals surface area contributed by atoms with Crippen molar-refractivity contribution in [2.24, 2.45) is 0 Å². The van der Waals surface area contributed by atoms with E-state index in [2.05, 4.69) is 29.3 Å². The first-order valence-corrected chi connectivity index (χ1v) is 12.1. The van der Waals surface area contributed by atoms with Gasteiger partial charge in [-0.2, -0.15) is 0 Å². The van der Waals surface area contributed by atoms with Gasteiger partial charge in [-0.05, 0) is 34.6 Å². The third-order valence-corrected chi connectivity index (χ3v) is 7.56. The number of benzene rings is 2. The molecule has 3 aromatic heterocycles. The third kappa shape index (κ3) is 3.78. The number of hydrogen-bond acceptors (Lipinski definition) is 5. The lowest BCUT2D eigenvalue weighted by Crippen LogP contribution is -2.24. The van der Waals surface area contributed by atoms with Gasteiger partial charge in [0, 0.05) is 17.3 Å². The van der Waals surface area contributed by atoms with Crippen LogP contribution in [0.15, 0.2) is 76.0 Å². The Morgan fingerprint density at radius 3 is 2.65 bits per heavy atom. The van der Waals surface area contributed by atoms with Crippen molar-refractivity contribution in [3.8, 4) is 0 Å². The number of fused-ring (bicyclic) bond motifs is 3. The second-order valence-corrected chi connectivity index (χ2v) is 9.63. The fourth-order valence-electron chi connectivity index (χ4n) is 3.68. The number of hydrogen-bond donors (Lipinski definition) is 0. The van der Waals surface area contributed by atoms with Gasteiger partial charge in [-0.25, -0.2) is 0 Å². The molecule has 0 aliphatic carbocycles. The number of rotatable bonds is 6. The molecule has 5 aromatic rings. The number of thioether (sulfide) groups is 1. The number of nitrogens with zero attached hydrogens (tertiary/aromatic N) is 4. The normalized spacial score (nSPS) is 12.6. The second-order valence-electron chi connectivity index (χ2n) is 7.36. The van der Waals surface area contributed by atoms with Crippen molar-refractivity contribution in [1.29, 1.82) is 0 Å². The van der Waals surface area contributed by atoms with Crippen molar-refractivity contribution in [3.05, 3.63) is 92.5 Å². The molecule has 0 unspecified atom stereocenters. The summed E-state index contributed by atoms with van der Waals surface area (Å²) in [6.07, 6.45) is 0. The Bertz CT molecular complexity index is 1420. The average Bonchev–Trinajstić information content (AvgIpc) is 3.44. The van der Waals surface area contributed by atoms with Crippen molar-refractivity contribution < 1.29 is 0 Å². The second kappa shape index (κ2) is 8.49. The Balaban J connectivity index is 1.57. The zero-order chi connectivity index (χ0) is 21.4. The molecular weight excluding hydrogens is 448 g/mol. The van der Waals surface area contributed by atoms with Crippen LogP contribution in [-0.2, 0) is 12.3 Å². The summed E-state index contributed by atoms with van der Waals surface area (Å²) in [6, 6.07) is 20.0. The molecular formula is C23H19ClN4OS2. The molecule has 3 heterocycles. The van der Waals surface area contributed by atoms with Crippen molar-refractivity contribution in [3.63, 3.8) is 0 Å². The van der Waals surface area contributed by atoms with Crippen LogP contribution in [0.5, 0.6) is 0 Å². The van der Waals surface area contributed by atoms with Crippen LogP contribution in [0.2, 0.25) is 5.02 Å². The van der Waals surface area contributed by atoms with Crippen LogP contribution >= 0.6 is 34.7 Å². The van der Waals surface area contributed by atoms with Crippen LogP contribution in [-0.4, -0.2) is 19.2 Å². The summed E-state index contributed by atoms with van der Waals surface area (Å²) in [5, 5.41) is 12.3. The first kappa shape index (κ1) is 20.3. The van der Waals surface area contributed by atoms with Crippen LogP contribution in [0.25, 0.3) is 16.0 Å². The zero-order valence-electron chi connectivity index (χ0n) is 16.7. The van der Waals surface area contributed by atoms with E-state index in [4.69, 9.17) is 11.6 Å². The van der Waals surface area contributed by atoms with E-state index in [1.807, 2.05) is 58.3 Å². The quantitative estimate of drug-likeness (QED) is 0.294. The predicted molar refractivity (Wildman–Crippen MR) is 128 cm³/mol. The minimum absolute atomic E-state index is 0.0182. The molecule has 1 atom stereocenters. The lowest BCUT2D eigenvalue weighted by molar-refractivity contribution is 0.588. The summed E-state index contributed by atoms with van der Waals surface area (Å²) in [5.41, 5.74) is 3.06. The highest BCUT2D eigenvalue weighted by Crippen LogP contribution is 2.29. The summed E-state index contributed by atoms with van der Waals surface area (Å²) in [5.74, 6) is 1.41. The van der Waals surface area contributed by atoms with Crippen molar-refractivity contribution in [2.75, 3.05) is 0 Å². The smallest absolute Gasteiger partial charge is 0.272 e. The van der Waals surface area contributed by atoms with E-state index in [0.717, 1.165) is 21.3 Å². The third-order valence-electron chi connectivity index (χ3n) is 5.32. The predicted octanol–water partition coefficient (Wildman–Crippen LogP) is 5.86. The van der Waals surface area contributed by atoms with Crippen molar-refractivity contribution >= 4 is 50.7 Å². The highest BCUT2D eigenvalue weighted by Gasteiger charge is 2.19. The summed E-state index contributed by atoms with van der Waals surface area (Å²) in [6.45, 7) is 2.66. The molecule has 0 spiro atoms. The number of aromatic nitrogens is 4. The van der Waals surface area contributed by atoms with E-state index in [9.17, 15) is 4.79 Å². The minimum atomic E-state index is -0.0182. The SMILES string of the molecule is C[C@H](Cn1c(=O)c2sccc2n2c(SCc3ccccc3Cl)nnc12)c1ccccc1. The van der Waals surface area contributed by atoms with Crippen LogP contribution in [0.1, 0.15) is 24.0 Å². The maximum absolute atomic E-state index is 13.3. The summed E-state index contributed by atoms with van der Waals surface area (Å²) < 4.78 is 4.46. The lowest BCUT2D eigenvalue weighted by atomic mass is 10.0.